The molecule has 6 heteroatoms. The van der Waals surface area contributed by atoms with Gasteiger partial charge in [-0.3, -0.25) is 4.79 Å². The van der Waals surface area contributed by atoms with Gasteiger partial charge < -0.3 is 4.90 Å². The van der Waals surface area contributed by atoms with Gasteiger partial charge in [-0.05, 0) is 36.6 Å². The highest BCUT2D eigenvalue weighted by Crippen LogP contribution is 2.31. The average molecular weight is 282 g/mol. The van der Waals surface area contributed by atoms with Crippen LogP contribution in [0.1, 0.15) is 25.8 Å². The van der Waals surface area contributed by atoms with Crippen LogP contribution in [0.2, 0.25) is 0 Å². The zero-order chi connectivity index (χ0) is 14.2. The summed E-state index contributed by atoms with van der Waals surface area (Å²) >= 11 is 0. The molecule has 104 valence electrons. The molecule has 0 aromatic heterocycles. The lowest BCUT2D eigenvalue weighted by Gasteiger charge is -2.21. The van der Waals surface area contributed by atoms with Crippen LogP contribution < -0.4 is 10.0 Å². The lowest BCUT2D eigenvalue weighted by Crippen LogP contribution is -2.33. The molecule has 1 amide bonds. The van der Waals surface area contributed by atoms with Crippen LogP contribution in [0.15, 0.2) is 23.1 Å². The minimum Gasteiger partial charge on any atom is -0.312 e. The molecule has 0 spiro atoms. The highest BCUT2D eigenvalue weighted by molar-refractivity contribution is 7.89. The first-order valence-electron chi connectivity index (χ1n) is 6.31. The second kappa shape index (κ2) is 4.94. The second-order valence-electron chi connectivity index (χ2n) is 4.88. The molecule has 0 fully saturated rings. The topological polar surface area (TPSA) is 80.5 Å². The summed E-state index contributed by atoms with van der Waals surface area (Å²) in [5, 5.41) is 5.11. The number of anilines is 1. The largest absolute Gasteiger partial charge is 0.312 e. The molecule has 0 saturated heterocycles. The summed E-state index contributed by atoms with van der Waals surface area (Å²) in [4.78, 5) is 14.0. The van der Waals surface area contributed by atoms with Crippen LogP contribution in [0, 0.1) is 5.92 Å². The predicted molar refractivity (Wildman–Crippen MR) is 73.3 cm³/mol. The maximum Gasteiger partial charge on any atom is 0.238 e. The number of rotatable bonds is 3. The molecule has 0 bridgehead atoms. The molecule has 2 rings (SSSR count). The van der Waals surface area contributed by atoms with E-state index in [1.807, 2.05) is 13.8 Å². The fourth-order valence-corrected chi connectivity index (χ4v) is 2.79. The van der Waals surface area contributed by atoms with E-state index in [-0.39, 0.29) is 16.7 Å². The van der Waals surface area contributed by atoms with Crippen molar-refractivity contribution in [2.75, 3.05) is 11.4 Å². The van der Waals surface area contributed by atoms with Gasteiger partial charge in [0.05, 0.1) is 4.90 Å². The van der Waals surface area contributed by atoms with Gasteiger partial charge in [0.1, 0.15) is 0 Å². The van der Waals surface area contributed by atoms with Crippen LogP contribution in [-0.2, 0) is 21.2 Å². The predicted octanol–water partition coefficient (Wildman–Crippen LogP) is 1.27. The van der Waals surface area contributed by atoms with Gasteiger partial charge in [0, 0.05) is 18.2 Å². The molecule has 0 saturated carbocycles. The number of carbonyl (C=O) groups is 1. The monoisotopic (exact) mass is 282 g/mol. The number of nitrogens with zero attached hydrogens (tertiary/aromatic N) is 1. The third kappa shape index (κ3) is 2.64. The Hall–Kier alpha value is -1.40. The zero-order valence-electron chi connectivity index (χ0n) is 11.1. The van der Waals surface area contributed by atoms with Crippen LogP contribution in [0.3, 0.4) is 0 Å². The number of sulfonamides is 1. The molecule has 1 heterocycles. The van der Waals surface area contributed by atoms with Crippen molar-refractivity contribution >= 4 is 21.6 Å². The summed E-state index contributed by atoms with van der Waals surface area (Å²) in [6, 6.07) is 4.69. The Kier molecular flexibility index (Phi) is 3.64. The zero-order valence-corrected chi connectivity index (χ0v) is 11.9. The molecule has 1 aliphatic rings. The number of fused-ring (bicyclic) bond motifs is 1. The van der Waals surface area contributed by atoms with Crippen LogP contribution in [0.5, 0.6) is 0 Å². The summed E-state index contributed by atoms with van der Waals surface area (Å²) in [7, 11) is -3.69. The summed E-state index contributed by atoms with van der Waals surface area (Å²) < 4.78 is 22.6. The van der Waals surface area contributed by atoms with Crippen molar-refractivity contribution in [3.8, 4) is 0 Å². The fourth-order valence-electron chi connectivity index (χ4n) is 2.22. The van der Waals surface area contributed by atoms with Gasteiger partial charge >= 0.3 is 0 Å². The van der Waals surface area contributed by atoms with Gasteiger partial charge in [-0.15, -0.1) is 0 Å². The molecular weight excluding hydrogens is 264 g/mol. The Morgan fingerprint density at radius 2 is 2.16 bits per heavy atom. The molecule has 5 nitrogen and oxygen atoms in total. The van der Waals surface area contributed by atoms with Gasteiger partial charge in [-0.2, -0.15) is 0 Å². The SMILES string of the molecule is CCC(C)C(=O)N1CCc2cc(S(N)(=O)=O)ccc21. The molecule has 1 aromatic rings. The smallest absolute Gasteiger partial charge is 0.238 e. The van der Waals surface area contributed by atoms with Crippen molar-refractivity contribution in [3.05, 3.63) is 23.8 Å². The Bertz CT molecular complexity index is 610. The van der Waals surface area contributed by atoms with E-state index in [2.05, 4.69) is 0 Å². The third-order valence-corrected chi connectivity index (χ3v) is 4.49. The maximum atomic E-state index is 12.2. The van der Waals surface area contributed by atoms with Gasteiger partial charge in [-0.25, -0.2) is 13.6 Å². The summed E-state index contributed by atoms with van der Waals surface area (Å²) in [5.74, 6) is 0.0634. The number of hydrogen-bond acceptors (Lipinski definition) is 3. The maximum absolute atomic E-state index is 12.2. The minimum atomic E-state index is -3.69. The van der Waals surface area contributed by atoms with E-state index in [9.17, 15) is 13.2 Å². The first kappa shape index (κ1) is 14.0. The van der Waals surface area contributed by atoms with Crippen molar-refractivity contribution in [2.45, 2.75) is 31.6 Å². The second-order valence-corrected chi connectivity index (χ2v) is 6.45. The molecule has 0 radical (unpaired) electrons. The standard InChI is InChI=1S/C13H18N2O3S/c1-3-9(2)13(16)15-7-6-10-8-11(19(14,17)18)4-5-12(10)15/h4-5,8-9H,3,6-7H2,1-2H3,(H2,14,17,18). The number of nitrogens with two attached hydrogens (primary N) is 1. The molecule has 0 aliphatic carbocycles. The molecule has 1 unspecified atom stereocenters. The minimum absolute atomic E-state index is 0.0242. The van der Waals surface area contributed by atoms with Crippen LogP contribution in [-0.4, -0.2) is 20.9 Å². The van der Waals surface area contributed by atoms with E-state index in [4.69, 9.17) is 5.14 Å². The van der Waals surface area contributed by atoms with E-state index in [1.165, 1.54) is 6.07 Å². The van der Waals surface area contributed by atoms with Crippen LogP contribution in [0.4, 0.5) is 5.69 Å². The van der Waals surface area contributed by atoms with E-state index in [0.29, 0.717) is 13.0 Å². The summed E-state index contributed by atoms with van der Waals surface area (Å²) in [6.07, 6.45) is 1.46. The molecule has 1 aromatic carbocycles. The molecule has 19 heavy (non-hydrogen) atoms. The number of carbonyl (C=O) groups excluding carboxylic acids is 1. The van der Waals surface area contributed by atoms with Gasteiger partial charge in [-0.1, -0.05) is 13.8 Å². The summed E-state index contributed by atoms with van der Waals surface area (Å²) in [6.45, 7) is 4.48. The number of primary sulfonamides is 1. The van der Waals surface area contributed by atoms with Gasteiger partial charge in [0.15, 0.2) is 0 Å². The first-order valence-corrected chi connectivity index (χ1v) is 7.86. The van der Waals surface area contributed by atoms with Crippen molar-refractivity contribution < 1.29 is 13.2 Å². The van der Waals surface area contributed by atoms with Gasteiger partial charge in [0.2, 0.25) is 15.9 Å². The highest BCUT2D eigenvalue weighted by atomic mass is 32.2. The lowest BCUT2D eigenvalue weighted by atomic mass is 10.1. The number of benzene rings is 1. The molecule has 1 aliphatic heterocycles. The van der Waals surface area contributed by atoms with Crippen LogP contribution >= 0.6 is 0 Å². The average Bonchev–Trinajstić information content (AvgIpc) is 2.78. The number of hydrogen-bond donors (Lipinski definition) is 1. The Morgan fingerprint density at radius 3 is 2.74 bits per heavy atom. The van der Waals surface area contributed by atoms with E-state index >= 15 is 0 Å². The van der Waals surface area contributed by atoms with E-state index < -0.39 is 10.0 Å². The Balaban J connectivity index is 2.35. The Labute approximate surface area is 113 Å². The lowest BCUT2D eigenvalue weighted by molar-refractivity contribution is -0.121. The van der Waals surface area contributed by atoms with E-state index in [1.54, 1.807) is 17.0 Å². The Morgan fingerprint density at radius 1 is 1.47 bits per heavy atom. The third-order valence-electron chi connectivity index (χ3n) is 3.58. The van der Waals surface area contributed by atoms with Crippen molar-refractivity contribution in [3.63, 3.8) is 0 Å². The van der Waals surface area contributed by atoms with E-state index in [0.717, 1.165) is 17.7 Å². The normalized spacial score (nSPS) is 16.3. The van der Waals surface area contributed by atoms with Gasteiger partial charge in [0.25, 0.3) is 0 Å². The van der Waals surface area contributed by atoms with Crippen molar-refractivity contribution in [2.24, 2.45) is 11.1 Å². The molecule has 2 N–H and O–H groups in total. The first-order chi connectivity index (χ1) is 8.84. The van der Waals surface area contributed by atoms with Crippen molar-refractivity contribution in [1.82, 2.24) is 0 Å². The number of amides is 1. The van der Waals surface area contributed by atoms with Crippen molar-refractivity contribution in [1.29, 1.82) is 0 Å². The summed E-state index contributed by atoms with van der Waals surface area (Å²) in [5.41, 5.74) is 1.67. The van der Waals surface area contributed by atoms with Crippen LogP contribution in [0.25, 0.3) is 0 Å². The quantitative estimate of drug-likeness (QED) is 0.906. The fraction of sp³-hybridized carbons (Fsp3) is 0.462. The highest BCUT2D eigenvalue weighted by Gasteiger charge is 2.28. The molecular formula is C13H18N2O3S. The molecule has 1 atom stereocenters.